The molecule has 0 saturated carbocycles. The summed E-state index contributed by atoms with van der Waals surface area (Å²) < 4.78 is 10.8. The summed E-state index contributed by atoms with van der Waals surface area (Å²) in [5.41, 5.74) is 4.99. The normalized spacial score (nSPS) is 12.0. The summed E-state index contributed by atoms with van der Waals surface area (Å²) in [6.07, 6.45) is 0.361. The van der Waals surface area contributed by atoms with Crippen molar-refractivity contribution in [1.82, 2.24) is 0 Å². The lowest BCUT2D eigenvalue weighted by Gasteiger charge is -1.73. The van der Waals surface area contributed by atoms with Gasteiger partial charge in [0.15, 0.2) is 0 Å². The smallest absolute Gasteiger partial charge is 0.105 e. The van der Waals surface area contributed by atoms with Crippen LogP contribution in [0.4, 0.5) is 4.39 Å². The van der Waals surface area contributed by atoms with Gasteiger partial charge in [-0.2, -0.15) is 0 Å². The van der Waals surface area contributed by atoms with Crippen molar-refractivity contribution in [2.75, 3.05) is 0 Å². The SMILES string of the molecule is C/C(N)=C/F. The fourth-order valence-corrected chi connectivity index (χ4v) is 0. The van der Waals surface area contributed by atoms with Gasteiger partial charge in [-0.25, -0.2) is 4.39 Å². The average Bonchev–Trinajstić information content (AvgIpc) is 1.38. The molecule has 0 aromatic rings. The zero-order valence-corrected chi connectivity index (χ0v) is 3.03. The molecule has 0 spiro atoms. The van der Waals surface area contributed by atoms with Crippen LogP contribution in [0.2, 0.25) is 0 Å². The molecular formula is C3H6FN. The van der Waals surface area contributed by atoms with E-state index in [1.165, 1.54) is 6.92 Å². The molecule has 0 aliphatic heterocycles. The first-order chi connectivity index (χ1) is 2.27. The number of hydrogen-bond acceptors (Lipinski definition) is 1. The predicted octanol–water partition coefficient (Wildman–Crippen LogP) is 0.776. The molecule has 1 nitrogen and oxygen atoms in total. The molecule has 0 bridgehead atoms. The maximum Gasteiger partial charge on any atom is 0.105 e. The second kappa shape index (κ2) is 1.76. The summed E-state index contributed by atoms with van der Waals surface area (Å²) in [6.45, 7) is 1.49. The maximum atomic E-state index is 10.8. The molecule has 0 heterocycles. The Labute approximate surface area is 30.3 Å². The van der Waals surface area contributed by atoms with Crippen molar-refractivity contribution >= 4 is 0 Å². The third kappa shape index (κ3) is 3.47. The van der Waals surface area contributed by atoms with E-state index in [4.69, 9.17) is 5.73 Å². The monoisotopic (exact) mass is 75.0 g/mol. The summed E-state index contributed by atoms with van der Waals surface area (Å²) in [5.74, 6) is 0. The summed E-state index contributed by atoms with van der Waals surface area (Å²) in [7, 11) is 0. The lowest BCUT2D eigenvalue weighted by atomic mass is 10.6. The van der Waals surface area contributed by atoms with Crippen LogP contribution in [0, 0.1) is 0 Å². The zero-order valence-electron chi connectivity index (χ0n) is 3.03. The lowest BCUT2D eigenvalue weighted by molar-refractivity contribution is 0.707. The van der Waals surface area contributed by atoms with E-state index in [1.807, 2.05) is 0 Å². The topological polar surface area (TPSA) is 26.0 Å². The van der Waals surface area contributed by atoms with E-state index in [-0.39, 0.29) is 5.70 Å². The van der Waals surface area contributed by atoms with Gasteiger partial charge in [-0.15, -0.1) is 0 Å². The van der Waals surface area contributed by atoms with E-state index in [1.54, 1.807) is 0 Å². The minimum Gasteiger partial charge on any atom is -0.400 e. The van der Waals surface area contributed by atoms with E-state index in [2.05, 4.69) is 0 Å². The Kier molecular flexibility index (Phi) is 1.57. The Morgan fingerprint density at radius 2 is 2.20 bits per heavy atom. The van der Waals surface area contributed by atoms with Gasteiger partial charge < -0.3 is 5.73 Å². The van der Waals surface area contributed by atoms with E-state index >= 15 is 0 Å². The van der Waals surface area contributed by atoms with Gasteiger partial charge in [0.1, 0.15) is 6.33 Å². The molecule has 0 fully saturated rings. The van der Waals surface area contributed by atoms with Gasteiger partial charge in [-0.3, -0.25) is 0 Å². The van der Waals surface area contributed by atoms with E-state index in [0.717, 1.165) is 0 Å². The van der Waals surface area contributed by atoms with Crippen LogP contribution in [0.3, 0.4) is 0 Å². The molecule has 0 radical (unpaired) electrons. The molecule has 0 aromatic heterocycles. The van der Waals surface area contributed by atoms with Gasteiger partial charge >= 0.3 is 0 Å². The summed E-state index contributed by atoms with van der Waals surface area (Å²) in [5, 5.41) is 0. The van der Waals surface area contributed by atoms with Crippen LogP contribution in [-0.2, 0) is 0 Å². The third-order valence-electron chi connectivity index (χ3n) is 0.172. The number of hydrogen-bond donors (Lipinski definition) is 1. The molecule has 0 aliphatic carbocycles. The second-order valence-corrected chi connectivity index (χ2v) is 0.853. The van der Waals surface area contributed by atoms with Crippen LogP contribution >= 0.6 is 0 Å². The van der Waals surface area contributed by atoms with Crippen molar-refractivity contribution in [2.45, 2.75) is 6.92 Å². The number of nitrogens with two attached hydrogens (primary N) is 1. The highest BCUT2D eigenvalue weighted by Gasteiger charge is 1.64. The van der Waals surface area contributed by atoms with Crippen LogP contribution in [0.15, 0.2) is 12.0 Å². The summed E-state index contributed by atoms with van der Waals surface area (Å²) in [4.78, 5) is 0. The van der Waals surface area contributed by atoms with Crippen molar-refractivity contribution < 1.29 is 4.39 Å². The molecule has 0 aromatic carbocycles. The van der Waals surface area contributed by atoms with E-state index in [0.29, 0.717) is 6.33 Å². The highest BCUT2D eigenvalue weighted by molar-refractivity contribution is 4.82. The minimum absolute atomic E-state index is 0.213. The first-order valence-corrected chi connectivity index (χ1v) is 1.30. The lowest BCUT2D eigenvalue weighted by Crippen LogP contribution is -1.86. The zero-order chi connectivity index (χ0) is 4.28. The van der Waals surface area contributed by atoms with Gasteiger partial charge in [0.05, 0.1) is 0 Å². The minimum atomic E-state index is 0.213. The Balaban J connectivity index is 3.14. The van der Waals surface area contributed by atoms with Crippen LogP contribution in [0.5, 0.6) is 0 Å². The Morgan fingerprint density at radius 3 is 2.20 bits per heavy atom. The number of halogens is 1. The van der Waals surface area contributed by atoms with Gasteiger partial charge in [0.2, 0.25) is 0 Å². The van der Waals surface area contributed by atoms with Gasteiger partial charge in [-0.05, 0) is 6.92 Å². The van der Waals surface area contributed by atoms with Gasteiger partial charge in [-0.1, -0.05) is 0 Å². The highest BCUT2D eigenvalue weighted by atomic mass is 19.1. The maximum absolute atomic E-state index is 10.8. The van der Waals surface area contributed by atoms with Gasteiger partial charge in [0, 0.05) is 5.70 Å². The average molecular weight is 75.1 g/mol. The first kappa shape index (κ1) is 4.47. The Hall–Kier alpha value is -0.530. The molecule has 30 valence electrons. The van der Waals surface area contributed by atoms with Crippen molar-refractivity contribution in [3.63, 3.8) is 0 Å². The number of allylic oxidation sites excluding steroid dienone is 1. The third-order valence-corrected chi connectivity index (χ3v) is 0.172. The Bertz CT molecular complexity index is 44.9. The quantitative estimate of drug-likeness (QED) is 0.452. The predicted molar refractivity (Wildman–Crippen MR) is 19.1 cm³/mol. The molecule has 0 unspecified atom stereocenters. The van der Waals surface area contributed by atoms with Crippen LogP contribution in [0.25, 0.3) is 0 Å². The largest absolute Gasteiger partial charge is 0.400 e. The molecule has 0 saturated heterocycles. The first-order valence-electron chi connectivity index (χ1n) is 1.30. The van der Waals surface area contributed by atoms with Crippen LogP contribution < -0.4 is 5.73 Å². The molecule has 2 heteroatoms. The van der Waals surface area contributed by atoms with E-state index in [9.17, 15) is 4.39 Å². The summed E-state index contributed by atoms with van der Waals surface area (Å²) in [6, 6.07) is 0. The Morgan fingerprint density at radius 1 is 2.00 bits per heavy atom. The van der Waals surface area contributed by atoms with Crippen molar-refractivity contribution in [2.24, 2.45) is 5.73 Å². The van der Waals surface area contributed by atoms with Crippen LogP contribution in [-0.4, -0.2) is 0 Å². The van der Waals surface area contributed by atoms with Crippen molar-refractivity contribution in [1.29, 1.82) is 0 Å². The van der Waals surface area contributed by atoms with Crippen molar-refractivity contribution in [3.05, 3.63) is 12.0 Å². The summed E-state index contributed by atoms with van der Waals surface area (Å²) >= 11 is 0. The molecule has 0 aliphatic rings. The standard InChI is InChI=1S/C3H6FN/c1-3(5)2-4/h2H,5H2,1H3/b3-2-. The molecular weight excluding hydrogens is 69.0 g/mol. The van der Waals surface area contributed by atoms with Gasteiger partial charge in [0.25, 0.3) is 0 Å². The van der Waals surface area contributed by atoms with E-state index < -0.39 is 0 Å². The molecule has 5 heavy (non-hydrogen) atoms. The molecule has 0 atom stereocenters. The molecule has 0 rings (SSSR count). The van der Waals surface area contributed by atoms with Crippen molar-refractivity contribution in [3.8, 4) is 0 Å². The highest BCUT2D eigenvalue weighted by Crippen LogP contribution is 1.74. The fourth-order valence-electron chi connectivity index (χ4n) is 0. The second-order valence-electron chi connectivity index (χ2n) is 0.853. The number of rotatable bonds is 0. The molecule has 2 N–H and O–H groups in total. The molecule has 0 amide bonds. The van der Waals surface area contributed by atoms with Crippen LogP contribution in [0.1, 0.15) is 6.92 Å². The fraction of sp³-hybridized carbons (Fsp3) is 0.333.